The summed E-state index contributed by atoms with van der Waals surface area (Å²) in [6.45, 7) is 2.18. The Bertz CT molecular complexity index is 303. The van der Waals surface area contributed by atoms with Crippen LogP contribution in [0.5, 0.6) is 0 Å². The third kappa shape index (κ3) is 1.52. The molecule has 0 aromatic heterocycles. The van der Waals surface area contributed by atoms with E-state index in [0.29, 0.717) is 5.78 Å². The summed E-state index contributed by atoms with van der Waals surface area (Å²) in [6.07, 6.45) is 9.23. The molecule has 2 aliphatic rings. The molecular formula is C11H13BrO. The molecule has 13 heavy (non-hydrogen) atoms. The molecule has 0 bridgehead atoms. The highest BCUT2D eigenvalue weighted by Gasteiger charge is 2.39. The Balaban J connectivity index is 2.35. The van der Waals surface area contributed by atoms with Crippen LogP contribution in [0.2, 0.25) is 0 Å². The van der Waals surface area contributed by atoms with Gasteiger partial charge in [-0.1, -0.05) is 41.1 Å². The van der Waals surface area contributed by atoms with Gasteiger partial charge in [-0.15, -0.1) is 0 Å². The molecule has 0 amide bonds. The van der Waals surface area contributed by atoms with Gasteiger partial charge in [0.1, 0.15) is 5.78 Å². The normalized spacial score (nSPS) is 38.5. The summed E-state index contributed by atoms with van der Waals surface area (Å²) in [5, 5.41) is 0. The predicted octanol–water partition coefficient (Wildman–Crippen LogP) is 3.21. The molecule has 2 unspecified atom stereocenters. The summed E-state index contributed by atoms with van der Waals surface area (Å²) in [5.41, 5.74) is 0.0899. The largest absolute Gasteiger partial charge is 0.299 e. The highest BCUT2D eigenvalue weighted by atomic mass is 79.9. The standard InChI is InChI=1S/C11H13BrO/c1-11-5-2-3-10(13)9(11)7-8(12)4-6-11/h4,6-7,9H,2-3,5H2,1H3. The number of carbonyl (C=O) groups excluding carboxylic acids is 1. The van der Waals surface area contributed by atoms with Crippen LogP contribution in [-0.2, 0) is 4.79 Å². The maximum atomic E-state index is 11.7. The average molecular weight is 241 g/mol. The molecule has 0 N–H and O–H groups in total. The monoisotopic (exact) mass is 240 g/mol. The van der Waals surface area contributed by atoms with E-state index >= 15 is 0 Å². The number of fused-ring (bicyclic) bond motifs is 1. The molecule has 0 aromatic carbocycles. The lowest BCUT2D eigenvalue weighted by molar-refractivity contribution is -0.126. The van der Waals surface area contributed by atoms with Gasteiger partial charge in [0.25, 0.3) is 0 Å². The summed E-state index contributed by atoms with van der Waals surface area (Å²) in [7, 11) is 0. The highest BCUT2D eigenvalue weighted by molar-refractivity contribution is 9.11. The molecule has 2 aliphatic carbocycles. The molecule has 1 nitrogen and oxygen atoms in total. The average Bonchev–Trinajstić information content (AvgIpc) is 2.08. The zero-order valence-electron chi connectivity index (χ0n) is 7.72. The summed E-state index contributed by atoms with van der Waals surface area (Å²) < 4.78 is 1.05. The summed E-state index contributed by atoms with van der Waals surface area (Å²) in [6, 6.07) is 0. The number of rotatable bonds is 0. The van der Waals surface area contributed by atoms with Crippen LogP contribution in [0.25, 0.3) is 0 Å². The van der Waals surface area contributed by atoms with Crippen molar-refractivity contribution >= 4 is 21.7 Å². The van der Waals surface area contributed by atoms with Crippen LogP contribution in [0, 0.1) is 11.3 Å². The number of ketones is 1. The van der Waals surface area contributed by atoms with Crippen molar-refractivity contribution in [3.8, 4) is 0 Å². The minimum Gasteiger partial charge on any atom is -0.299 e. The Morgan fingerprint density at radius 3 is 3.15 bits per heavy atom. The molecule has 0 radical (unpaired) electrons. The topological polar surface area (TPSA) is 17.1 Å². The lowest BCUT2D eigenvalue weighted by atomic mass is 9.65. The minimum atomic E-state index is 0.0899. The van der Waals surface area contributed by atoms with Crippen molar-refractivity contribution in [1.82, 2.24) is 0 Å². The van der Waals surface area contributed by atoms with E-state index in [-0.39, 0.29) is 11.3 Å². The number of carbonyl (C=O) groups is 1. The maximum absolute atomic E-state index is 11.7. The first kappa shape index (κ1) is 9.20. The van der Waals surface area contributed by atoms with Gasteiger partial charge < -0.3 is 0 Å². The zero-order valence-corrected chi connectivity index (χ0v) is 9.30. The summed E-state index contributed by atoms with van der Waals surface area (Å²) >= 11 is 3.42. The van der Waals surface area contributed by atoms with Gasteiger partial charge in [-0.25, -0.2) is 0 Å². The van der Waals surface area contributed by atoms with E-state index in [4.69, 9.17) is 0 Å². The van der Waals surface area contributed by atoms with Crippen molar-refractivity contribution in [1.29, 1.82) is 0 Å². The first-order chi connectivity index (χ1) is 6.12. The van der Waals surface area contributed by atoms with Crippen molar-refractivity contribution in [2.24, 2.45) is 11.3 Å². The first-order valence-corrected chi connectivity index (χ1v) is 5.50. The van der Waals surface area contributed by atoms with Crippen LogP contribution < -0.4 is 0 Å². The third-order valence-electron chi connectivity index (χ3n) is 3.15. The quantitative estimate of drug-likeness (QED) is 0.636. The molecule has 0 aliphatic heterocycles. The number of allylic oxidation sites excluding steroid dienone is 4. The Labute approximate surface area is 87.0 Å². The van der Waals surface area contributed by atoms with Gasteiger partial charge in [0.15, 0.2) is 0 Å². The second kappa shape index (κ2) is 3.09. The van der Waals surface area contributed by atoms with Gasteiger partial charge in [-0.2, -0.15) is 0 Å². The molecule has 70 valence electrons. The third-order valence-corrected chi connectivity index (χ3v) is 3.67. The van der Waals surface area contributed by atoms with Gasteiger partial charge in [-0.3, -0.25) is 4.79 Å². The number of hydrogen-bond acceptors (Lipinski definition) is 1. The lowest BCUT2D eigenvalue weighted by Crippen LogP contribution is -2.36. The molecule has 1 fully saturated rings. The minimum absolute atomic E-state index is 0.0899. The molecule has 0 spiro atoms. The molecule has 1 saturated carbocycles. The van der Waals surface area contributed by atoms with Crippen LogP contribution in [0.1, 0.15) is 26.2 Å². The molecular weight excluding hydrogens is 228 g/mol. The van der Waals surface area contributed by atoms with Gasteiger partial charge in [-0.05, 0) is 18.3 Å². The Hall–Kier alpha value is -0.370. The molecule has 0 aromatic rings. The molecule has 2 heteroatoms. The van der Waals surface area contributed by atoms with E-state index in [1.54, 1.807) is 0 Å². The van der Waals surface area contributed by atoms with Crippen LogP contribution >= 0.6 is 15.9 Å². The molecule has 2 atom stereocenters. The van der Waals surface area contributed by atoms with E-state index in [1.807, 2.05) is 0 Å². The van der Waals surface area contributed by atoms with Crippen LogP contribution in [0.15, 0.2) is 22.7 Å². The number of Topliss-reactive ketones (excluding diaryl/α,β-unsaturated/α-hetero) is 1. The summed E-state index contributed by atoms with van der Waals surface area (Å²) in [4.78, 5) is 11.7. The van der Waals surface area contributed by atoms with Crippen LogP contribution in [0.3, 0.4) is 0 Å². The van der Waals surface area contributed by atoms with E-state index < -0.39 is 0 Å². The van der Waals surface area contributed by atoms with Gasteiger partial charge >= 0.3 is 0 Å². The van der Waals surface area contributed by atoms with Crippen molar-refractivity contribution in [2.45, 2.75) is 26.2 Å². The lowest BCUT2D eigenvalue weighted by Gasteiger charge is -2.38. The summed E-state index contributed by atoms with van der Waals surface area (Å²) in [5.74, 6) is 0.510. The SMILES string of the molecule is CC12C=CC(Br)=CC1C(=O)CCC2. The number of halogens is 1. The number of hydrogen-bond donors (Lipinski definition) is 0. The van der Waals surface area contributed by atoms with Crippen molar-refractivity contribution < 1.29 is 4.79 Å². The van der Waals surface area contributed by atoms with Crippen LogP contribution in [-0.4, -0.2) is 5.78 Å². The van der Waals surface area contributed by atoms with E-state index in [1.165, 1.54) is 0 Å². The Kier molecular flexibility index (Phi) is 2.18. The van der Waals surface area contributed by atoms with E-state index in [0.717, 1.165) is 23.7 Å². The van der Waals surface area contributed by atoms with Gasteiger partial charge in [0.05, 0.1) is 0 Å². The van der Waals surface area contributed by atoms with Crippen molar-refractivity contribution in [3.05, 3.63) is 22.7 Å². The molecule has 0 saturated heterocycles. The van der Waals surface area contributed by atoms with Crippen molar-refractivity contribution in [3.63, 3.8) is 0 Å². The first-order valence-electron chi connectivity index (χ1n) is 4.71. The predicted molar refractivity (Wildman–Crippen MR) is 56.6 cm³/mol. The van der Waals surface area contributed by atoms with Gasteiger partial charge in [0.2, 0.25) is 0 Å². The second-order valence-corrected chi connectivity index (χ2v) is 5.10. The fourth-order valence-electron chi connectivity index (χ4n) is 2.28. The van der Waals surface area contributed by atoms with Crippen molar-refractivity contribution in [2.75, 3.05) is 0 Å². The maximum Gasteiger partial charge on any atom is 0.140 e. The highest BCUT2D eigenvalue weighted by Crippen LogP contribution is 2.44. The molecule has 0 heterocycles. The Morgan fingerprint density at radius 2 is 2.38 bits per heavy atom. The van der Waals surface area contributed by atoms with Gasteiger partial charge in [0, 0.05) is 16.8 Å². The smallest absolute Gasteiger partial charge is 0.140 e. The van der Waals surface area contributed by atoms with E-state index in [2.05, 4.69) is 41.1 Å². The fourth-order valence-corrected chi connectivity index (χ4v) is 2.67. The van der Waals surface area contributed by atoms with Crippen LogP contribution in [0.4, 0.5) is 0 Å². The van der Waals surface area contributed by atoms with E-state index in [9.17, 15) is 4.79 Å². The zero-order chi connectivity index (χ0) is 9.47. The fraction of sp³-hybridized carbons (Fsp3) is 0.545. The second-order valence-electron chi connectivity index (χ2n) is 4.19. The Morgan fingerprint density at radius 1 is 1.62 bits per heavy atom. The molecule has 2 rings (SSSR count).